The summed E-state index contributed by atoms with van der Waals surface area (Å²) >= 11 is 0. The predicted molar refractivity (Wildman–Crippen MR) is 89.7 cm³/mol. The Hall–Kier alpha value is -3.42. The number of hydrogen-bond donors (Lipinski definition) is 3. The van der Waals surface area contributed by atoms with E-state index in [9.17, 15) is 19.7 Å². The van der Waals surface area contributed by atoms with E-state index in [1.165, 1.54) is 19.1 Å². The van der Waals surface area contributed by atoms with Gasteiger partial charge in [-0.3, -0.25) is 19.7 Å². The molecule has 0 spiro atoms. The Morgan fingerprint density at radius 1 is 1.17 bits per heavy atom. The molecule has 0 unspecified atom stereocenters. The molecule has 0 aliphatic rings. The van der Waals surface area contributed by atoms with Gasteiger partial charge in [0.05, 0.1) is 4.92 Å². The highest BCUT2D eigenvalue weighted by atomic mass is 16.6. The second-order valence-electron chi connectivity index (χ2n) is 5.08. The van der Waals surface area contributed by atoms with Crippen LogP contribution in [0.5, 0.6) is 0 Å². The van der Waals surface area contributed by atoms with Gasteiger partial charge in [-0.05, 0) is 29.8 Å². The summed E-state index contributed by atoms with van der Waals surface area (Å²) in [6.45, 7) is 1.77. The SMILES string of the molecule is CC(=O)Nc1ccc(CNc2ccc(C(N)=O)cc2[N+](=O)[O-])cc1. The summed E-state index contributed by atoms with van der Waals surface area (Å²) in [5.41, 5.74) is 6.82. The van der Waals surface area contributed by atoms with E-state index in [1.54, 1.807) is 24.3 Å². The third-order valence-corrected chi connectivity index (χ3v) is 3.24. The lowest BCUT2D eigenvalue weighted by Crippen LogP contribution is -2.12. The number of carbonyl (C=O) groups is 2. The van der Waals surface area contributed by atoms with Crippen molar-refractivity contribution in [3.8, 4) is 0 Å². The third kappa shape index (κ3) is 4.29. The van der Waals surface area contributed by atoms with Gasteiger partial charge in [-0.25, -0.2) is 0 Å². The number of nitrogens with two attached hydrogens (primary N) is 1. The number of amides is 2. The summed E-state index contributed by atoms with van der Waals surface area (Å²) in [5.74, 6) is -0.885. The minimum Gasteiger partial charge on any atom is -0.375 e. The van der Waals surface area contributed by atoms with Crippen molar-refractivity contribution in [2.24, 2.45) is 5.73 Å². The van der Waals surface area contributed by atoms with Crippen LogP contribution < -0.4 is 16.4 Å². The first-order valence-corrected chi connectivity index (χ1v) is 7.05. The van der Waals surface area contributed by atoms with E-state index in [0.29, 0.717) is 12.2 Å². The van der Waals surface area contributed by atoms with Gasteiger partial charge in [0, 0.05) is 30.8 Å². The molecule has 0 heterocycles. The molecule has 24 heavy (non-hydrogen) atoms. The Labute approximate surface area is 137 Å². The molecular weight excluding hydrogens is 312 g/mol. The van der Waals surface area contributed by atoms with Crippen LogP contribution in [0.15, 0.2) is 42.5 Å². The van der Waals surface area contributed by atoms with Gasteiger partial charge in [-0.15, -0.1) is 0 Å². The number of nitro benzene ring substituents is 1. The molecule has 2 aromatic rings. The fraction of sp³-hybridized carbons (Fsp3) is 0.125. The number of nitrogens with one attached hydrogen (secondary N) is 2. The minimum absolute atomic E-state index is 0.0758. The van der Waals surface area contributed by atoms with Crippen molar-refractivity contribution < 1.29 is 14.5 Å². The normalized spacial score (nSPS) is 10.0. The Balaban J connectivity index is 2.12. The molecule has 0 atom stereocenters. The zero-order valence-corrected chi connectivity index (χ0v) is 12.9. The van der Waals surface area contributed by atoms with Crippen LogP contribution in [0.4, 0.5) is 17.1 Å². The first kappa shape index (κ1) is 16.9. The average molecular weight is 328 g/mol. The maximum absolute atomic E-state index is 11.1. The highest BCUT2D eigenvalue weighted by Gasteiger charge is 2.16. The van der Waals surface area contributed by atoms with Gasteiger partial charge in [-0.1, -0.05) is 12.1 Å². The van der Waals surface area contributed by atoms with Gasteiger partial charge in [0.2, 0.25) is 11.8 Å². The van der Waals surface area contributed by atoms with Crippen molar-refractivity contribution in [3.05, 3.63) is 63.7 Å². The monoisotopic (exact) mass is 328 g/mol. The quantitative estimate of drug-likeness (QED) is 0.553. The number of hydrogen-bond acceptors (Lipinski definition) is 5. The Bertz CT molecular complexity index is 787. The number of nitrogens with zero attached hydrogens (tertiary/aromatic N) is 1. The van der Waals surface area contributed by atoms with E-state index >= 15 is 0 Å². The molecule has 2 amide bonds. The first-order valence-electron chi connectivity index (χ1n) is 7.05. The van der Waals surface area contributed by atoms with Crippen molar-refractivity contribution in [1.29, 1.82) is 0 Å². The maximum Gasteiger partial charge on any atom is 0.293 e. The number of benzene rings is 2. The topological polar surface area (TPSA) is 127 Å². The van der Waals surface area contributed by atoms with E-state index in [2.05, 4.69) is 10.6 Å². The maximum atomic E-state index is 11.1. The molecule has 0 fully saturated rings. The molecule has 2 aromatic carbocycles. The summed E-state index contributed by atoms with van der Waals surface area (Å²) in [7, 11) is 0. The van der Waals surface area contributed by atoms with Crippen molar-refractivity contribution in [1.82, 2.24) is 0 Å². The Morgan fingerprint density at radius 2 is 1.83 bits per heavy atom. The predicted octanol–water partition coefficient (Wildman–Crippen LogP) is 2.26. The van der Waals surface area contributed by atoms with Crippen LogP contribution in [0.3, 0.4) is 0 Å². The molecule has 4 N–H and O–H groups in total. The van der Waals surface area contributed by atoms with Gasteiger partial charge in [0.1, 0.15) is 5.69 Å². The summed E-state index contributed by atoms with van der Waals surface area (Å²) in [4.78, 5) is 32.6. The summed E-state index contributed by atoms with van der Waals surface area (Å²) in [6.07, 6.45) is 0. The van der Waals surface area contributed by atoms with Crippen LogP contribution in [0.25, 0.3) is 0 Å². The van der Waals surface area contributed by atoms with E-state index in [0.717, 1.165) is 11.6 Å². The molecular formula is C16H16N4O4. The van der Waals surface area contributed by atoms with E-state index in [4.69, 9.17) is 5.73 Å². The van der Waals surface area contributed by atoms with Gasteiger partial charge in [0.15, 0.2) is 0 Å². The Kier molecular flexibility index (Phi) is 5.10. The average Bonchev–Trinajstić information content (AvgIpc) is 2.53. The first-order chi connectivity index (χ1) is 11.4. The molecule has 0 radical (unpaired) electrons. The molecule has 0 bridgehead atoms. The summed E-state index contributed by atoms with van der Waals surface area (Å²) in [5, 5.41) is 16.7. The molecule has 8 nitrogen and oxygen atoms in total. The fourth-order valence-corrected chi connectivity index (χ4v) is 2.09. The fourth-order valence-electron chi connectivity index (χ4n) is 2.09. The lowest BCUT2D eigenvalue weighted by atomic mass is 10.1. The molecule has 0 aliphatic carbocycles. The molecule has 124 valence electrons. The van der Waals surface area contributed by atoms with Crippen LogP contribution in [-0.4, -0.2) is 16.7 Å². The third-order valence-electron chi connectivity index (χ3n) is 3.24. The molecule has 0 aliphatic heterocycles. The number of primary amides is 1. The molecule has 0 aromatic heterocycles. The number of carbonyl (C=O) groups excluding carboxylic acids is 2. The number of nitro groups is 1. The smallest absolute Gasteiger partial charge is 0.293 e. The zero-order chi connectivity index (χ0) is 17.7. The summed E-state index contributed by atoms with van der Waals surface area (Å²) < 4.78 is 0. The highest BCUT2D eigenvalue weighted by molar-refractivity contribution is 5.94. The molecule has 2 rings (SSSR count). The zero-order valence-electron chi connectivity index (χ0n) is 12.9. The molecule has 0 saturated carbocycles. The van der Waals surface area contributed by atoms with E-state index in [1.807, 2.05) is 0 Å². The largest absolute Gasteiger partial charge is 0.375 e. The molecule has 0 saturated heterocycles. The van der Waals surface area contributed by atoms with Crippen molar-refractivity contribution in [2.75, 3.05) is 10.6 Å². The van der Waals surface area contributed by atoms with E-state index < -0.39 is 10.8 Å². The minimum atomic E-state index is -0.724. The number of rotatable bonds is 6. The standard InChI is InChI=1S/C16H16N4O4/c1-10(21)19-13-5-2-11(3-6-13)9-18-14-7-4-12(16(17)22)8-15(14)20(23)24/h2-8,18H,9H2,1H3,(H2,17,22)(H,19,21). The molecule has 8 heteroatoms. The second kappa shape index (κ2) is 7.23. The summed E-state index contributed by atoms with van der Waals surface area (Å²) in [6, 6.07) is 11.1. The van der Waals surface area contributed by atoms with Crippen LogP contribution in [0.2, 0.25) is 0 Å². The van der Waals surface area contributed by atoms with Crippen molar-refractivity contribution in [2.45, 2.75) is 13.5 Å². The second-order valence-corrected chi connectivity index (χ2v) is 5.08. The van der Waals surface area contributed by atoms with Crippen LogP contribution >= 0.6 is 0 Å². The lowest BCUT2D eigenvalue weighted by molar-refractivity contribution is -0.384. The van der Waals surface area contributed by atoms with Crippen LogP contribution in [0.1, 0.15) is 22.8 Å². The van der Waals surface area contributed by atoms with Crippen LogP contribution in [-0.2, 0) is 11.3 Å². The van der Waals surface area contributed by atoms with Gasteiger partial charge in [-0.2, -0.15) is 0 Å². The highest BCUT2D eigenvalue weighted by Crippen LogP contribution is 2.26. The van der Waals surface area contributed by atoms with Crippen molar-refractivity contribution in [3.63, 3.8) is 0 Å². The van der Waals surface area contributed by atoms with Crippen LogP contribution in [0, 0.1) is 10.1 Å². The lowest BCUT2D eigenvalue weighted by Gasteiger charge is -2.09. The van der Waals surface area contributed by atoms with Gasteiger partial charge in [0.25, 0.3) is 5.69 Å². The van der Waals surface area contributed by atoms with Crippen molar-refractivity contribution >= 4 is 28.9 Å². The van der Waals surface area contributed by atoms with Gasteiger partial charge >= 0.3 is 0 Å². The van der Waals surface area contributed by atoms with Gasteiger partial charge < -0.3 is 16.4 Å². The van der Waals surface area contributed by atoms with E-state index in [-0.39, 0.29) is 22.8 Å². The number of anilines is 2. The Morgan fingerprint density at radius 3 is 2.38 bits per heavy atom.